The first-order chi connectivity index (χ1) is 39.0. The number of carbonyl (C=O) groups excluding carboxylic acids is 3. The lowest BCUT2D eigenvalue weighted by atomic mass is 10.0. The topological polar surface area (TPSA) is 78.9 Å². The number of carbonyl (C=O) groups is 3. The van der Waals surface area contributed by atoms with Crippen LogP contribution in [0.1, 0.15) is 303 Å². The minimum atomic E-state index is -0.816. The van der Waals surface area contributed by atoms with Crippen LogP contribution in [0.4, 0.5) is 0 Å². The first-order valence-electron chi connectivity index (χ1n) is 33.0. The van der Waals surface area contributed by atoms with Gasteiger partial charge in [0.25, 0.3) is 0 Å². The zero-order valence-electron chi connectivity index (χ0n) is 51.6. The molecule has 0 saturated heterocycles. The van der Waals surface area contributed by atoms with Crippen LogP contribution in [0.25, 0.3) is 0 Å². The van der Waals surface area contributed by atoms with Crippen LogP contribution in [-0.2, 0) is 28.6 Å². The molecule has 0 aromatic rings. The molecular formula is C73H122O6. The molecule has 450 valence electrons. The van der Waals surface area contributed by atoms with Crippen LogP contribution in [0, 0.1) is 0 Å². The number of ether oxygens (including phenoxy) is 3. The van der Waals surface area contributed by atoms with E-state index >= 15 is 0 Å². The van der Waals surface area contributed by atoms with Crippen LogP contribution >= 0.6 is 0 Å². The molecule has 0 spiro atoms. The van der Waals surface area contributed by atoms with Crippen LogP contribution in [0.5, 0.6) is 0 Å². The van der Waals surface area contributed by atoms with Crippen molar-refractivity contribution in [3.8, 4) is 0 Å². The number of allylic oxidation sites excluding steroid dienone is 20. The Morgan fingerprint density at radius 2 is 0.506 bits per heavy atom. The summed E-state index contributed by atoms with van der Waals surface area (Å²) in [4.78, 5) is 38.4. The van der Waals surface area contributed by atoms with Gasteiger partial charge in [0.05, 0.1) is 0 Å². The van der Waals surface area contributed by atoms with E-state index in [2.05, 4.69) is 142 Å². The summed E-state index contributed by atoms with van der Waals surface area (Å²) in [6.07, 6.45) is 92.2. The summed E-state index contributed by atoms with van der Waals surface area (Å²) in [5.74, 6) is -0.976. The number of rotatable bonds is 59. The highest BCUT2D eigenvalue weighted by molar-refractivity contribution is 5.71. The normalized spacial score (nSPS) is 12.9. The Labute approximate surface area is 488 Å². The summed E-state index contributed by atoms with van der Waals surface area (Å²) in [7, 11) is 0. The monoisotopic (exact) mass is 1090 g/mol. The van der Waals surface area contributed by atoms with Crippen molar-refractivity contribution in [1.29, 1.82) is 0 Å². The number of esters is 3. The summed E-state index contributed by atoms with van der Waals surface area (Å²) in [6, 6.07) is 0. The van der Waals surface area contributed by atoms with Crippen LogP contribution in [-0.4, -0.2) is 37.2 Å². The van der Waals surface area contributed by atoms with Gasteiger partial charge in [-0.25, -0.2) is 0 Å². The highest BCUT2D eigenvalue weighted by atomic mass is 16.6. The fourth-order valence-electron chi connectivity index (χ4n) is 9.10. The number of unbranched alkanes of at least 4 members (excludes halogenated alkanes) is 28. The molecule has 6 heteroatoms. The zero-order chi connectivity index (χ0) is 57.1. The second-order valence-electron chi connectivity index (χ2n) is 21.6. The smallest absolute Gasteiger partial charge is 0.306 e. The van der Waals surface area contributed by atoms with Gasteiger partial charge in [-0.1, -0.05) is 303 Å². The fraction of sp³-hybridized carbons (Fsp3) is 0.685. The maximum Gasteiger partial charge on any atom is 0.306 e. The van der Waals surface area contributed by atoms with E-state index in [0.717, 1.165) is 128 Å². The molecule has 6 nitrogen and oxygen atoms in total. The quantitative estimate of drug-likeness (QED) is 0.0261. The zero-order valence-corrected chi connectivity index (χ0v) is 51.6. The summed E-state index contributed by atoms with van der Waals surface area (Å²) in [6.45, 7) is 6.38. The molecule has 79 heavy (non-hydrogen) atoms. The minimum Gasteiger partial charge on any atom is -0.462 e. The van der Waals surface area contributed by atoms with Gasteiger partial charge < -0.3 is 14.2 Å². The largest absolute Gasteiger partial charge is 0.462 e. The molecule has 0 amide bonds. The van der Waals surface area contributed by atoms with Gasteiger partial charge in [-0.3, -0.25) is 14.4 Å². The van der Waals surface area contributed by atoms with Crippen molar-refractivity contribution in [2.45, 2.75) is 309 Å². The average Bonchev–Trinajstić information content (AvgIpc) is 3.45. The number of hydrogen-bond donors (Lipinski definition) is 0. The Morgan fingerprint density at radius 3 is 0.823 bits per heavy atom. The van der Waals surface area contributed by atoms with E-state index in [-0.39, 0.29) is 37.5 Å². The molecule has 1 atom stereocenters. The lowest BCUT2D eigenvalue weighted by Gasteiger charge is -2.18. The minimum absolute atomic E-state index is 0.104. The van der Waals surface area contributed by atoms with E-state index in [1.807, 2.05) is 0 Å². The molecule has 0 N–H and O–H groups in total. The molecule has 0 aliphatic carbocycles. The van der Waals surface area contributed by atoms with Gasteiger partial charge >= 0.3 is 17.9 Å². The summed E-state index contributed by atoms with van der Waals surface area (Å²) < 4.78 is 16.9. The summed E-state index contributed by atoms with van der Waals surface area (Å²) >= 11 is 0. The molecule has 0 bridgehead atoms. The Balaban J connectivity index is 4.45. The van der Waals surface area contributed by atoms with E-state index in [4.69, 9.17) is 14.2 Å². The third kappa shape index (κ3) is 64.5. The van der Waals surface area contributed by atoms with Gasteiger partial charge in [0.2, 0.25) is 0 Å². The van der Waals surface area contributed by atoms with E-state index in [9.17, 15) is 14.4 Å². The van der Waals surface area contributed by atoms with E-state index < -0.39 is 6.10 Å². The first kappa shape index (κ1) is 74.8. The van der Waals surface area contributed by atoms with E-state index in [1.54, 1.807) is 0 Å². The van der Waals surface area contributed by atoms with Crippen molar-refractivity contribution in [3.63, 3.8) is 0 Å². The maximum absolute atomic E-state index is 12.9. The predicted octanol–water partition coefficient (Wildman–Crippen LogP) is 22.8. The van der Waals surface area contributed by atoms with Gasteiger partial charge in [0.1, 0.15) is 13.2 Å². The molecular weight excluding hydrogens is 973 g/mol. The van der Waals surface area contributed by atoms with Crippen molar-refractivity contribution in [3.05, 3.63) is 122 Å². The van der Waals surface area contributed by atoms with Gasteiger partial charge in [-0.15, -0.1) is 0 Å². The molecule has 0 aliphatic rings. The average molecular weight is 1100 g/mol. The van der Waals surface area contributed by atoms with Crippen molar-refractivity contribution in [1.82, 2.24) is 0 Å². The van der Waals surface area contributed by atoms with Crippen LogP contribution in [0.3, 0.4) is 0 Å². The predicted molar refractivity (Wildman–Crippen MR) is 343 cm³/mol. The molecule has 0 aliphatic heterocycles. The summed E-state index contributed by atoms with van der Waals surface area (Å²) in [5, 5.41) is 0. The molecule has 0 rings (SSSR count). The van der Waals surface area contributed by atoms with Crippen molar-refractivity contribution in [2.24, 2.45) is 0 Å². The Morgan fingerprint density at radius 1 is 0.266 bits per heavy atom. The summed E-state index contributed by atoms with van der Waals surface area (Å²) in [5.41, 5.74) is 0. The second-order valence-corrected chi connectivity index (χ2v) is 21.6. The third-order valence-corrected chi connectivity index (χ3v) is 14.0. The molecule has 0 aromatic heterocycles. The molecule has 0 fully saturated rings. The fourth-order valence-corrected chi connectivity index (χ4v) is 9.10. The number of hydrogen-bond acceptors (Lipinski definition) is 6. The van der Waals surface area contributed by atoms with E-state index in [1.165, 1.54) is 128 Å². The molecule has 0 radical (unpaired) electrons. The van der Waals surface area contributed by atoms with Gasteiger partial charge in [-0.2, -0.15) is 0 Å². The maximum atomic E-state index is 12.9. The first-order valence-corrected chi connectivity index (χ1v) is 33.0. The molecule has 0 saturated carbocycles. The van der Waals surface area contributed by atoms with Crippen LogP contribution in [0.15, 0.2) is 122 Å². The lowest BCUT2D eigenvalue weighted by Crippen LogP contribution is -2.30. The highest BCUT2D eigenvalue weighted by Gasteiger charge is 2.19. The SMILES string of the molecule is CC/C=C\C/C=C\C/C=C\C/C=C\C/C=C\CCCCCCCC(=O)OC(COC(=O)CCC/C=C\C/C=C\C/C=C\C/C=C\C/C=C\CC)COC(=O)CCCCCCCCCCCCCCCCCCCCCCCCC. The van der Waals surface area contributed by atoms with Gasteiger partial charge in [0, 0.05) is 19.3 Å². The third-order valence-electron chi connectivity index (χ3n) is 14.0. The Bertz CT molecular complexity index is 1640. The van der Waals surface area contributed by atoms with Gasteiger partial charge in [-0.05, 0) is 103 Å². The molecule has 0 heterocycles. The highest BCUT2D eigenvalue weighted by Crippen LogP contribution is 2.17. The Kier molecular flexibility index (Phi) is 62.8. The standard InChI is InChI=1S/C73H122O6/c1-4-7-10-13-16-19-22-25-28-31-33-35-36-38-39-42-45-48-51-54-57-60-63-66-72(75)78-69-70(68-77-71(74)65-62-59-56-53-50-47-44-41-30-27-24-21-18-15-12-9-6-3)79-73(76)67-64-61-58-55-52-49-46-43-40-37-34-32-29-26-23-20-17-14-11-8-5-2/h8-9,11-12,17-18,20-21,26-27,29-30,34,37,43-44,46-47,53,56,70H,4-7,10,13-16,19,22-25,28,31-33,35-36,38-42,45,48-52,54-55,57-69H2,1-3H3/b11-8-,12-9-,20-17-,21-18-,29-26-,30-27-,37-34-,46-43-,47-44-,56-53-. The molecule has 1 unspecified atom stereocenters. The lowest BCUT2D eigenvalue weighted by molar-refractivity contribution is -0.167. The van der Waals surface area contributed by atoms with E-state index in [0.29, 0.717) is 19.3 Å². The molecule has 0 aromatic carbocycles. The van der Waals surface area contributed by atoms with Gasteiger partial charge in [0.15, 0.2) is 6.10 Å². The van der Waals surface area contributed by atoms with Crippen LogP contribution < -0.4 is 0 Å². The van der Waals surface area contributed by atoms with Crippen LogP contribution in [0.2, 0.25) is 0 Å². The second kappa shape index (κ2) is 66.3. The Hall–Kier alpha value is -4.19. The van der Waals surface area contributed by atoms with Crippen molar-refractivity contribution >= 4 is 17.9 Å². The van der Waals surface area contributed by atoms with Crippen molar-refractivity contribution in [2.75, 3.05) is 13.2 Å². The van der Waals surface area contributed by atoms with Crippen molar-refractivity contribution < 1.29 is 28.6 Å².